The molecule has 10 heteroatoms. The zero-order valence-electron chi connectivity index (χ0n) is 21.6. The van der Waals surface area contributed by atoms with Gasteiger partial charge in [0.15, 0.2) is 10.9 Å². The number of nitriles is 1. The molecule has 2 aromatic heterocycles. The topological polar surface area (TPSA) is 82.2 Å². The summed E-state index contributed by atoms with van der Waals surface area (Å²) < 4.78 is 7.76. The molecule has 0 radical (unpaired) electrons. The summed E-state index contributed by atoms with van der Waals surface area (Å²) in [6, 6.07) is 12.0. The van der Waals surface area contributed by atoms with Gasteiger partial charge in [0.05, 0.1) is 29.1 Å². The number of hydrogen-bond donors (Lipinski definition) is 1. The molecule has 0 aliphatic rings. The van der Waals surface area contributed by atoms with E-state index in [1.165, 1.54) is 11.8 Å². The Bertz CT molecular complexity index is 1450. The smallest absolute Gasteiger partial charge is 0.172 e. The number of nitrogens with one attached hydrogen (secondary N) is 1. The number of aromatic nitrogens is 3. The van der Waals surface area contributed by atoms with Crippen LogP contribution in [0.25, 0.3) is 10.9 Å². The molecule has 0 unspecified atom stereocenters. The number of ether oxygens (including phenoxy) is 1. The van der Waals surface area contributed by atoms with Crippen LogP contribution in [0.3, 0.4) is 0 Å². The van der Waals surface area contributed by atoms with Crippen molar-refractivity contribution in [3.8, 4) is 11.8 Å². The van der Waals surface area contributed by atoms with Gasteiger partial charge in [0.25, 0.3) is 0 Å². The molecule has 0 fully saturated rings. The van der Waals surface area contributed by atoms with Crippen molar-refractivity contribution in [1.82, 2.24) is 19.4 Å². The molecular formula is C27H30ClN7OS. The Morgan fingerprint density at radius 3 is 2.62 bits per heavy atom. The zero-order valence-corrected chi connectivity index (χ0v) is 23.2. The van der Waals surface area contributed by atoms with Crippen LogP contribution in [0.4, 0.5) is 17.1 Å². The number of imidazole rings is 1. The Kier molecular flexibility index (Phi) is 8.44. The second-order valence-corrected chi connectivity index (χ2v) is 10.4. The summed E-state index contributed by atoms with van der Waals surface area (Å²) in [4.78, 5) is 14.2. The lowest BCUT2D eigenvalue weighted by molar-refractivity contribution is 0.399. The Balaban J connectivity index is 1.67. The maximum Gasteiger partial charge on any atom is 0.172 e. The number of benzene rings is 2. The highest BCUT2D eigenvalue weighted by Gasteiger charge is 2.18. The van der Waals surface area contributed by atoms with E-state index in [1.807, 2.05) is 48.1 Å². The number of halogens is 1. The Hall–Kier alpha value is -3.45. The highest BCUT2D eigenvalue weighted by Crippen LogP contribution is 2.40. The third kappa shape index (κ3) is 5.93. The standard InChI is InChI=1S/C27H30ClN7OS/c1-33(2)12-6-13-34(3)22-9-8-20-24(18(16-29)17-31-25(20)26(22)36-5)32-19-7-10-23(21(28)15-19)37-27-30-11-14-35(27)4/h7-11,14-15,17H,6,12-13H2,1-5H3,(H,31,32). The third-order valence-corrected chi connectivity index (χ3v) is 7.56. The van der Waals surface area contributed by atoms with Crippen LogP contribution in [0.5, 0.6) is 5.75 Å². The number of anilines is 3. The summed E-state index contributed by atoms with van der Waals surface area (Å²) in [6.07, 6.45) is 6.25. The monoisotopic (exact) mass is 535 g/mol. The molecule has 0 amide bonds. The van der Waals surface area contributed by atoms with E-state index in [1.54, 1.807) is 19.5 Å². The van der Waals surface area contributed by atoms with Crippen LogP contribution in [0.1, 0.15) is 12.0 Å². The van der Waals surface area contributed by atoms with Crippen LogP contribution < -0.4 is 15.0 Å². The average Bonchev–Trinajstić information content (AvgIpc) is 3.28. The molecule has 0 saturated carbocycles. The molecule has 0 atom stereocenters. The molecule has 0 spiro atoms. The first kappa shape index (κ1) is 26.6. The molecule has 37 heavy (non-hydrogen) atoms. The van der Waals surface area contributed by atoms with Gasteiger partial charge in [-0.15, -0.1) is 0 Å². The molecule has 2 aromatic carbocycles. The van der Waals surface area contributed by atoms with E-state index in [0.29, 0.717) is 27.5 Å². The highest BCUT2D eigenvalue weighted by molar-refractivity contribution is 7.99. The first-order valence-electron chi connectivity index (χ1n) is 11.8. The van der Waals surface area contributed by atoms with Gasteiger partial charge in [-0.1, -0.05) is 23.4 Å². The van der Waals surface area contributed by atoms with Crippen molar-refractivity contribution in [2.24, 2.45) is 7.05 Å². The third-order valence-electron chi connectivity index (χ3n) is 5.99. The Morgan fingerprint density at radius 1 is 1.16 bits per heavy atom. The summed E-state index contributed by atoms with van der Waals surface area (Å²) in [5.41, 5.74) is 3.50. The van der Waals surface area contributed by atoms with Gasteiger partial charge in [0, 0.05) is 55.2 Å². The van der Waals surface area contributed by atoms with Gasteiger partial charge < -0.3 is 24.4 Å². The molecule has 192 valence electrons. The van der Waals surface area contributed by atoms with E-state index >= 15 is 0 Å². The largest absolute Gasteiger partial charge is 0.492 e. The molecule has 8 nitrogen and oxygen atoms in total. The zero-order chi connectivity index (χ0) is 26.5. The maximum atomic E-state index is 9.82. The first-order valence-corrected chi connectivity index (χ1v) is 13.0. The Morgan fingerprint density at radius 2 is 1.97 bits per heavy atom. The molecule has 4 rings (SSSR count). The van der Waals surface area contributed by atoms with Gasteiger partial charge in [-0.2, -0.15) is 5.26 Å². The molecule has 2 heterocycles. The quantitative estimate of drug-likeness (QED) is 0.273. The predicted molar refractivity (Wildman–Crippen MR) is 152 cm³/mol. The lowest BCUT2D eigenvalue weighted by atomic mass is 10.1. The number of fused-ring (bicyclic) bond motifs is 1. The number of nitrogens with zero attached hydrogens (tertiary/aromatic N) is 6. The number of methoxy groups -OCH3 is 1. The lowest BCUT2D eigenvalue weighted by Crippen LogP contribution is -2.23. The SMILES string of the molecule is COc1c(N(C)CCCN(C)C)ccc2c(Nc3ccc(Sc4nccn4C)c(Cl)c3)c(C#N)cnc12. The first-order chi connectivity index (χ1) is 17.8. The second kappa shape index (κ2) is 11.7. The van der Waals surface area contributed by atoms with Crippen molar-refractivity contribution in [3.05, 3.63) is 59.5 Å². The van der Waals surface area contributed by atoms with Crippen LogP contribution in [-0.2, 0) is 7.05 Å². The fraction of sp³-hybridized carbons (Fsp3) is 0.296. The second-order valence-electron chi connectivity index (χ2n) is 8.94. The van der Waals surface area contributed by atoms with E-state index in [9.17, 15) is 5.26 Å². The van der Waals surface area contributed by atoms with Crippen LogP contribution in [0.15, 0.2) is 59.0 Å². The van der Waals surface area contributed by atoms with Gasteiger partial charge in [-0.3, -0.25) is 4.98 Å². The minimum Gasteiger partial charge on any atom is -0.492 e. The van der Waals surface area contributed by atoms with Gasteiger partial charge in [-0.05, 0) is 57.4 Å². The molecule has 0 aliphatic heterocycles. The minimum absolute atomic E-state index is 0.434. The fourth-order valence-corrected chi connectivity index (χ4v) is 5.15. The summed E-state index contributed by atoms with van der Waals surface area (Å²) in [5.74, 6) is 0.678. The summed E-state index contributed by atoms with van der Waals surface area (Å²) >= 11 is 8.11. The van der Waals surface area contributed by atoms with Crippen molar-refractivity contribution in [3.63, 3.8) is 0 Å². The van der Waals surface area contributed by atoms with Crippen molar-refractivity contribution in [2.75, 3.05) is 51.6 Å². The van der Waals surface area contributed by atoms with Crippen molar-refractivity contribution in [1.29, 1.82) is 5.26 Å². The Labute approximate surface area is 226 Å². The molecule has 0 bridgehead atoms. The van der Waals surface area contributed by atoms with Gasteiger partial charge >= 0.3 is 0 Å². The normalized spacial score (nSPS) is 11.1. The van der Waals surface area contributed by atoms with E-state index < -0.39 is 0 Å². The van der Waals surface area contributed by atoms with Crippen molar-refractivity contribution in [2.45, 2.75) is 16.5 Å². The van der Waals surface area contributed by atoms with Gasteiger partial charge in [0.2, 0.25) is 0 Å². The van der Waals surface area contributed by atoms with Gasteiger partial charge in [-0.25, -0.2) is 4.98 Å². The molecule has 0 saturated heterocycles. The molecular weight excluding hydrogens is 506 g/mol. The lowest BCUT2D eigenvalue weighted by Gasteiger charge is -2.24. The highest BCUT2D eigenvalue weighted by atomic mass is 35.5. The number of rotatable bonds is 10. The average molecular weight is 536 g/mol. The van der Waals surface area contributed by atoms with E-state index in [-0.39, 0.29) is 0 Å². The molecule has 1 N–H and O–H groups in total. The van der Waals surface area contributed by atoms with E-state index in [0.717, 1.165) is 46.3 Å². The summed E-state index contributed by atoms with van der Waals surface area (Å²) in [7, 11) is 9.79. The number of pyridine rings is 1. The van der Waals surface area contributed by atoms with Crippen LogP contribution in [0.2, 0.25) is 5.02 Å². The van der Waals surface area contributed by atoms with Crippen LogP contribution in [-0.4, -0.2) is 60.8 Å². The maximum absolute atomic E-state index is 9.82. The van der Waals surface area contributed by atoms with Crippen LogP contribution >= 0.6 is 23.4 Å². The van der Waals surface area contributed by atoms with Crippen LogP contribution in [0, 0.1) is 11.3 Å². The van der Waals surface area contributed by atoms with E-state index in [2.05, 4.69) is 52.3 Å². The number of aryl methyl sites for hydroxylation is 1. The predicted octanol–water partition coefficient (Wildman–Crippen LogP) is 5.78. The fourth-order valence-electron chi connectivity index (χ4n) is 4.05. The van der Waals surface area contributed by atoms with Crippen molar-refractivity contribution >= 4 is 51.3 Å². The minimum atomic E-state index is 0.434. The molecule has 4 aromatic rings. The molecule has 0 aliphatic carbocycles. The van der Waals surface area contributed by atoms with E-state index in [4.69, 9.17) is 16.3 Å². The number of hydrogen-bond acceptors (Lipinski definition) is 8. The summed E-state index contributed by atoms with van der Waals surface area (Å²) in [5, 5.41) is 15.5. The van der Waals surface area contributed by atoms with Crippen molar-refractivity contribution < 1.29 is 4.74 Å². The summed E-state index contributed by atoms with van der Waals surface area (Å²) in [6.45, 7) is 1.88. The van der Waals surface area contributed by atoms with Gasteiger partial charge in [0.1, 0.15) is 11.6 Å².